The third-order valence-electron chi connectivity index (χ3n) is 3.43. The molecule has 0 unspecified atom stereocenters. The topological polar surface area (TPSA) is 47.6 Å². The van der Waals surface area contributed by atoms with E-state index in [0.717, 1.165) is 17.7 Å². The third-order valence-corrected chi connectivity index (χ3v) is 3.43. The number of nitrogens with one attached hydrogen (secondary N) is 1. The van der Waals surface area contributed by atoms with Gasteiger partial charge in [-0.2, -0.15) is 0 Å². The van der Waals surface area contributed by atoms with Gasteiger partial charge in [0.15, 0.2) is 6.61 Å². The molecule has 0 aliphatic carbocycles. The van der Waals surface area contributed by atoms with Crippen molar-refractivity contribution in [3.8, 4) is 11.5 Å². The average molecular weight is 317 g/mol. The number of amides is 1. The highest BCUT2D eigenvalue weighted by molar-refractivity contribution is 5.78. The molecule has 2 aromatic carbocycles. The molecule has 23 heavy (non-hydrogen) atoms. The number of carbonyl (C=O) groups is 1. The second kappa shape index (κ2) is 8.17. The highest BCUT2D eigenvalue weighted by Crippen LogP contribution is 2.20. The summed E-state index contributed by atoms with van der Waals surface area (Å²) >= 11 is 0. The number of benzene rings is 2. The molecular weight excluding hydrogens is 297 g/mol. The van der Waals surface area contributed by atoms with Crippen molar-refractivity contribution in [3.05, 3.63) is 59.9 Å². The molecule has 0 saturated heterocycles. The summed E-state index contributed by atoms with van der Waals surface area (Å²) in [6.07, 6.45) is 0.748. The Labute approximate surface area is 135 Å². The molecule has 0 aliphatic heterocycles. The number of hydrogen-bond donors (Lipinski definition) is 1. The maximum Gasteiger partial charge on any atom is 0.258 e. The van der Waals surface area contributed by atoms with E-state index < -0.39 is 5.82 Å². The van der Waals surface area contributed by atoms with Gasteiger partial charge < -0.3 is 14.8 Å². The molecule has 0 spiro atoms. The van der Waals surface area contributed by atoms with E-state index in [1.807, 2.05) is 31.2 Å². The molecule has 2 aromatic rings. The Bertz CT molecular complexity index is 643. The first kappa shape index (κ1) is 16.8. The Morgan fingerprint density at radius 3 is 2.52 bits per heavy atom. The van der Waals surface area contributed by atoms with E-state index in [1.54, 1.807) is 13.2 Å². The fourth-order valence-electron chi connectivity index (χ4n) is 2.20. The van der Waals surface area contributed by atoms with Gasteiger partial charge in [0.05, 0.1) is 13.2 Å². The number of hydrogen-bond acceptors (Lipinski definition) is 3. The van der Waals surface area contributed by atoms with Crippen molar-refractivity contribution in [2.75, 3.05) is 13.7 Å². The molecule has 0 fully saturated rings. The van der Waals surface area contributed by atoms with Gasteiger partial charge in [-0.1, -0.05) is 25.1 Å². The van der Waals surface area contributed by atoms with Gasteiger partial charge in [0.2, 0.25) is 0 Å². The van der Waals surface area contributed by atoms with Crippen molar-refractivity contribution >= 4 is 5.91 Å². The highest BCUT2D eigenvalue weighted by Gasteiger charge is 2.13. The quantitative estimate of drug-likeness (QED) is 0.850. The number of ether oxygens (including phenoxy) is 2. The Morgan fingerprint density at radius 1 is 1.17 bits per heavy atom. The van der Waals surface area contributed by atoms with Gasteiger partial charge >= 0.3 is 0 Å². The van der Waals surface area contributed by atoms with Crippen LogP contribution in [0.5, 0.6) is 11.5 Å². The fraction of sp³-hybridized carbons (Fsp3) is 0.278. The van der Waals surface area contributed by atoms with Crippen LogP contribution in [0.15, 0.2) is 48.5 Å². The summed E-state index contributed by atoms with van der Waals surface area (Å²) < 4.78 is 23.5. The van der Waals surface area contributed by atoms with Crippen molar-refractivity contribution in [3.63, 3.8) is 0 Å². The molecule has 0 saturated carbocycles. The minimum atomic E-state index is -0.396. The van der Waals surface area contributed by atoms with Crippen LogP contribution in [0.4, 0.5) is 4.39 Å². The zero-order valence-corrected chi connectivity index (χ0v) is 13.2. The number of rotatable bonds is 7. The van der Waals surface area contributed by atoms with E-state index in [4.69, 9.17) is 9.47 Å². The van der Waals surface area contributed by atoms with Gasteiger partial charge in [-0.15, -0.1) is 0 Å². The molecule has 0 aromatic heterocycles. The predicted molar refractivity (Wildman–Crippen MR) is 86.1 cm³/mol. The van der Waals surface area contributed by atoms with Crippen molar-refractivity contribution < 1.29 is 18.7 Å². The molecule has 1 atom stereocenters. The van der Waals surface area contributed by atoms with Crippen LogP contribution >= 0.6 is 0 Å². The Hall–Kier alpha value is -2.56. The number of halogens is 1. The van der Waals surface area contributed by atoms with Gasteiger partial charge in [0.25, 0.3) is 5.91 Å². The zero-order valence-electron chi connectivity index (χ0n) is 13.2. The lowest BCUT2D eigenvalue weighted by atomic mass is 10.0. The van der Waals surface area contributed by atoms with Crippen molar-refractivity contribution in [2.24, 2.45) is 0 Å². The second-order valence-electron chi connectivity index (χ2n) is 5.05. The SMILES string of the molecule is CC[C@H](NC(=O)COc1cccc(F)c1)c1ccc(OC)cc1. The molecular formula is C18H20FNO3. The van der Waals surface area contributed by atoms with Crippen LogP contribution in [-0.2, 0) is 4.79 Å². The molecule has 1 N–H and O–H groups in total. The van der Waals surface area contributed by atoms with E-state index in [9.17, 15) is 9.18 Å². The van der Waals surface area contributed by atoms with Gasteiger partial charge in [0, 0.05) is 6.07 Å². The summed E-state index contributed by atoms with van der Waals surface area (Å²) in [6, 6.07) is 13.1. The Kier molecular flexibility index (Phi) is 5.97. The Balaban J connectivity index is 1.91. The largest absolute Gasteiger partial charge is 0.497 e. The summed E-state index contributed by atoms with van der Waals surface area (Å²) in [6.45, 7) is 1.83. The predicted octanol–water partition coefficient (Wildman–Crippen LogP) is 3.48. The lowest BCUT2D eigenvalue weighted by Gasteiger charge is -2.18. The summed E-state index contributed by atoms with van der Waals surface area (Å²) in [7, 11) is 1.61. The van der Waals surface area contributed by atoms with Crippen LogP contribution in [0.2, 0.25) is 0 Å². The smallest absolute Gasteiger partial charge is 0.258 e. The van der Waals surface area contributed by atoms with Crippen LogP contribution in [0, 0.1) is 5.82 Å². The summed E-state index contributed by atoms with van der Waals surface area (Å²) in [5.74, 6) is 0.450. The fourth-order valence-corrected chi connectivity index (χ4v) is 2.20. The van der Waals surface area contributed by atoms with Gasteiger partial charge in [0.1, 0.15) is 17.3 Å². The maximum absolute atomic E-state index is 13.0. The van der Waals surface area contributed by atoms with Crippen molar-refractivity contribution in [1.29, 1.82) is 0 Å². The van der Waals surface area contributed by atoms with Gasteiger partial charge in [-0.25, -0.2) is 4.39 Å². The van der Waals surface area contributed by atoms with Crippen LogP contribution in [0.25, 0.3) is 0 Å². The zero-order chi connectivity index (χ0) is 16.7. The minimum absolute atomic E-state index is 0.107. The van der Waals surface area contributed by atoms with Crippen LogP contribution in [0.1, 0.15) is 24.9 Å². The van der Waals surface area contributed by atoms with E-state index in [1.165, 1.54) is 18.2 Å². The summed E-state index contributed by atoms with van der Waals surface area (Å²) in [5.41, 5.74) is 0.993. The lowest BCUT2D eigenvalue weighted by molar-refractivity contribution is -0.123. The molecule has 0 aliphatic rings. The normalized spacial score (nSPS) is 11.6. The molecule has 5 heteroatoms. The van der Waals surface area contributed by atoms with E-state index >= 15 is 0 Å². The highest BCUT2D eigenvalue weighted by atomic mass is 19.1. The van der Waals surface area contributed by atoms with E-state index in [2.05, 4.69) is 5.32 Å². The van der Waals surface area contributed by atoms with Crippen LogP contribution in [-0.4, -0.2) is 19.6 Å². The number of carbonyl (C=O) groups excluding carboxylic acids is 1. The number of methoxy groups -OCH3 is 1. The molecule has 122 valence electrons. The second-order valence-corrected chi connectivity index (χ2v) is 5.05. The van der Waals surface area contributed by atoms with Crippen LogP contribution in [0.3, 0.4) is 0 Å². The first-order chi connectivity index (χ1) is 11.1. The summed E-state index contributed by atoms with van der Waals surface area (Å²) in [4.78, 5) is 12.0. The molecule has 0 radical (unpaired) electrons. The molecule has 4 nitrogen and oxygen atoms in total. The molecule has 0 bridgehead atoms. The van der Waals surface area contributed by atoms with Gasteiger partial charge in [-0.05, 0) is 36.2 Å². The van der Waals surface area contributed by atoms with Crippen molar-refractivity contribution in [1.82, 2.24) is 5.32 Å². The maximum atomic E-state index is 13.0. The third kappa shape index (κ3) is 4.98. The van der Waals surface area contributed by atoms with E-state index in [0.29, 0.717) is 5.75 Å². The minimum Gasteiger partial charge on any atom is -0.497 e. The average Bonchev–Trinajstić information content (AvgIpc) is 2.58. The molecule has 1 amide bonds. The summed E-state index contributed by atoms with van der Waals surface area (Å²) in [5, 5.41) is 2.91. The molecule has 0 heterocycles. The lowest BCUT2D eigenvalue weighted by Crippen LogP contribution is -2.32. The van der Waals surface area contributed by atoms with Gasteiger partial charge in [-0.3, -0.25) is 4.79 Å². The van der Waals surface area contributed by atoms with Crippen LogP contribution < -0.4 is 14.8 Å². The van der Waals surface area contributed by atoms with Crippen molar-refractivity contribution in [2.45, 2.75) is 19.4 Å². The first-order valence-corrected chi connectivity index (χ1v) is 7.44. The molecule has 2 rings (SSSR count). The first-order valence-electron chi connectivity index (χ1n) is 7.44. The standard InChI is InChI=1S/C18H20FNO3/c1-3-17(13-7-9-15(22-2)10-8-13)20-18(21)12-23-16-6-4-5-14(19)11-16/h4-11,17H,3,12H2,1-2H3,(H,20,21)/t17-/m0/s1. The Morgan fingerprint density at radius 2 is 1.91 bits per heavy atom. The monoisotopic (exact) mass is 317 g/mol. The van der Waals surface area contributed by atoms with E-state index in [-0.39, 0.29) is 18.6 Å².